The molecule has 3 N–H and O–H groups in total. The summed E-state index contributed by atoms with van der Waals surface area (Å²) < 4.78 is 5.35. The molecule has 0 spiro atoms. The van der Waals surface area contributed by atoms with Gasteiger partial charge in [-0.25, -0.2) is 4.98 Å². The molecule has 20 heavy (non-hydrogen) atoms. The second-order valence-electron chi connectivity index (χ2n) is 4.98. The van der Waals surface area contributed by atoms with Crippen LogP contribution in [-0.2, 0) is 11.3 Å². The third-order valence-corrected chi connectivity index (χ3v) is 4.53. The largest absolute Gasteiger partial charge is 0.379 e. The van der Waals surface area contributed by atoms with E-state index in [4.69, 9.17) is 10.5 Å². The molecular weight excluding hydrogens is 276 g/mol. The van der Waals surface area contributed by atoms with Crippen LogP contribution in [0.25, 0.3) is 0 Å². The number of nitrogens with one attached hydrogen (secondary N) is 1. The topological polar surface area (TPSA) is 80.5 Å². The first-order valence-electron chi connectivity index (χ1n) is 6.89. The molecule has 1 aromatic rings. The SMILES string of the molecule is CC(NC(=O)c1csc(CN)n1)C(C)N1CCOCC1. The number of amides is 1. The van der Waals surface area contributed by atoms with Crippen molar-refractivity contribution < 1.29 is 9.53 Å². The fourth-order valence-electron chi connectivity index (χ4n) is 2.21. The Hall–Kier alpha value is -1.02. The van der Waals surface area contributed by atoms with Crippen LogP contribution in [0.2, 0.25) is 0 Å². The summed E-state index contributed by atoms with van der Waals surface area (Å²) in [6.45, 7) is 7.87. The number of nitrogens with two attached hydrogens (primary N) is 1. The molecule has 0 bridgehead atoms. The van der Waals surface area contributed by atoms with Crippen LogP contribution >= 0.6 is 11.3 Å². The minimum atomic E-state index is -0.131. The van der Waals surface area contributed by atoms with Gasteiger partial charge < -0.3 is 15.8 Å². The fourth-order valence-corrected chi connectivity index (χ4v) is 2.87. The first-order chi connectivity index (χ1) is 9.61. The number of nitrogens with zero attached hydrogens (tertiary/aromatic N) is 2. The number of ether oxygens (including phenoxy) is 1. The van der Waals surface area contributed by atoms with Crippen LogP contribution in [-0.4, -0.2) is 54.2 Å². The monoisotopic (exact) mass is 298 g/mol. The van der Waals surface area contributed by atoms with Gasteiger partial charge in [-0.1, -0.05) is 0 Å². The number of hydrogen-bond acceptors (Lipinski definition) is 6. The van der Waals surface area contributed by atoms with E-state index in [-0.39, 0.29) is 18.0 Å². The van der Waals surface area contributed by atoms with Gasteiger partial charge in [0.05, 0.1) is 13.2 Å². The maximum Gasteiger partial charge on any atom is 0.271 e. The number of aromatic nitrogens is 1. The Kier molecular flexibility index (Phi) is 5.47. The summed E-state index contributed by atoms with van der Waals surface area (Å²) in [6, 6.07) is 0.332. The summed E-state index contributed by atoms with van der Waals surface area (Å²) >= 11 is 1.42. The van der Waals surface area contributed by atoms with Crippen LogP contribution in [0.5, 0.6) is 0 Å². The van der Waals surface area contributed by atoms with Crippen molar-refractivity contribution in [2.75, 3.05) is 26.3 Å². The van der Waals surface area contributed by atoms with E-state index in [0.717, 1.165) is 31.3 Å². The second-order valence-corrected chi connectivity index (χ2v) is 5.92. The van der Waals surface area contributed by atoms with E-state index < -0.39 is 0 Å². The molecule has 1 aliphatic rings. The molecule has 1 aliphatic heterocycles. The molecule has 1 amide bonds. The maximum atomic E-state index is 12.1. The summed E-state index contributed by atoms with van der Waals surface area (Å²) in [4.78, 5) is 18.7. The van der Waals surface area contributed by atoms with E-state index in [2.05, 4.69) is 22.1 Å². The average molecular weight is 298 g/mol. The molecule has 1 saturated heterocycles. The van der Waals surface area contributed by atoms with Gasteiger partial charge in [0.15, 0.2) is 0 Å². The van der Waals surface area contributed by atoms with Crippen LogP contribution in [0.3, 0.4) is 0 Å². The molecule has 2 unspecified atom stereocenters. The predicted octanol–water partition coefficient (Wildman–Crippen LogP) is 0.441. The molecule has 1 aromatic heterocycles. The highest BCUT2D eigenvalue weighted by Gasteiger charge is 2.24. The standard InChI is InChI=1S/C13H22N4O2S/c1-9(10(2)17-3-5-19-6-4-17)15-13(18)11-8-20-12(7-14)16-11/h8-10H,3-7,14H2,1-2H3,(H,15,18). The van der Waals surface area contributed by atoms with Crippen molar-refractivity contribution in [3.8, 4) is 0 Å². The summed E-state index contributed by atoms with van der Waals surface area (Å²) in [5.41, 5.74) is 5.96. The van der Waals surface area contributed by atoms with Gasteiger partial charge in [-0.2, -0.15) is 0 Å². The zero-order valence-electron chi connectivity index (χ0n) is 12.0. The van der Waals surface area contributed by atoms with Gasteiger partial charge in [0.1, 0.15) is 10.7 Å². The average Bonchev–Trinajstić information content (AvgIpc) is 2.96. The van der Waals surface area contributed by atoms with Crippen LogP contribution < -0.4 is 11.1 Å². The van der Waals surface area contributed by atoms with E-state index in [0.29, 0.717) is 12.2 Å². The summed E-state index contributed by atoms with van der Waals surface area (Å²) in [5, 5.41) is 5.55. The first kappa shape index (κ1) is 15.4. The molecular formula is C13H22N4O2S. The number of rotatable bonds is 5. The van der Waals surface area contributed by atoms with Crippen LogP contribution in [0.15, 0.2) is 5.38 Å². The van der Waals surface area contributed by atoms with Crippen molar-refractivity contribution in [1.82, 2.24) is 15.2 Å². The molecule has 7 heteroatoms. The predicted molar refractivity (Wildman–Crippen MR) is 78.8 cm³/mol. The van der Waals surface area contributed by atoms with E-state index in [1.807, 2.05) is 6.92 Å². The Balaban J connectivity index is 1.89. The van der Waals surface area contributed by atoms with E-state index in [9.17, 15) is 4.79 Å². The lowest BCUT2D eigenvalue weighted by Gasteiger charge is -2.35. The van der Waals surface area contributed by atoms with Gasteiger partial charge in [-0.3, -0.25) is 9.69 Å². The zero-order valence-corrected chi connectivity index (χ0v) is 12.8. The number of carbonyl (C=O) groups is 1. The van der Waals surface area contributed by atoms with Gasteiger partial charge in [-0.05, 0) is 13.8 Å². The number of thiazole rings is 1. The second kappa shape index (κ2) is 7.12. The van der Waals surface area contributed by atoms with Crippen molar-refractivity contribution in [2.24, 2.45) is 5.73 Å². The van der Waals surface area contributed by atoms with Crippen molar-refractivity contribution in [1.29, 1.82) is 0 Å². The highest BCUT2D eigenvalue weighted by molar-refractivity contribution is 7.09. The van der Waals surface area contributed by atoms with Crippen molar-refractivity contribution in [3.05, 3.63) is 16.1 Å². The summed E-state index contributed by atoms with van der Waals surface area (Å²) in [7, 11) is 0. The smallest absolute Gasteiger partial charge is 0.271 e. The molecule has 1 fully saturated rings. The van der Waals surface area contributed by atoms with Crippen molar-refractivity contribution >= 4 is 17.2 Å². The number of carbonyl (C=O) groups excluding carboxylic acids is 1. The molecule has 2 rings (SSSR count). The molecule has 2 atom stereocenters. The first-order valence-corrected chi connectivity index (χ1v) is 7.77. The lowest BCUT2D eigenvalue weighted by Crippen LogP contribution is -2.52. The molecule has 0 aliphatic carbocycles. The third kappa shape index (κ3) is 3.76. The Bertz CT molecular complexity index is 445. The minimum absolute atomic E-state index is 0.0589. The van der Waals surface area contributed by atoms with Gasteiger partial charge in [0.2, 0.25) is 0 Å². The van der Waals surface area contributed by atoms with Crippen LogP contribution in [0.1, 0.15) is 29.3 Å². The zero-order chi connectivity index (χ0) is 14.5. The van der Waals surface area contributed by atoms with Crippen LogP contribution in [0, 0.1) is 0 Å². The van der Waals surface area contributed by atoms with E-state index >= 15 is 0 Å². The molecule has 0 radical (unpaired) electrons. The Labute approximate surface area is 123 Å². The van der Waals surface area contributed by atoms with Gasteiger partial charge >= 0.3 is 0 Å². The van der Waals surface area contributed by atoms with Gasteiger partial charge in [0, 0.05) is 37.1 Å². The lowest BCUT2D eigenvalue weighted by atomic mass is 10.1. The summed E-state index contributed by atoms with van der Waals surface area (Å²) in [5.74, 6) is -0.131. The third-order valence-electron chi connectivity index (χ3n) is 3.66. The molecule has 112 valence electrons. The number of hydrogen-bond donors (Lipinski definition) is 2. The van der Waals surface area contributed by atoms with Gasteiger partial charge in [0.25, 0.3) is 5.91 Å². The minimum Gasteiger partial charge on any atom is -0.379 e. The Morgan fingerprint density at radius 1 is 1.55 bits per heavy atom. The maximum absolute atomic E-state index is 12.1. The van der Waals surface area contributed by atoms with Crippen molar-refractivity contribution in [3.63, 3.8) is 0 Å². The quantitative estimate of drug-likeness (QED) is 0.824. The fraction of sp³-hybridized carbons (Fsp3) is 0.692. The highest BCUT2D eigenvalue weighted by Crippen LogP contribution is 2.11. The van der Waals surface area contributed by atoms with Gasteiger partial charge in [-0.15, -0.1) is 11.3 Å². The van der Waals surface area contributed by atoms with Crippen molar-refractivity contribution in [2.45, 2.75) is 32.5 Å². The Morgan fingerprint density at radius 2 is 2.25 bits per heavy atom. The van der Waals surface area contributed by atoms with E-state index in [1.54, 1.807) is 5.38 Å². The highest BCUT2D eigenvalue weighted by atomic mass is 32.1. The lowest BCUT2D eigenvalue weighted by molar-refractivity contribution is 0.0137. The number of morpholine rings is 1. The van der Waals surface area contributed by atoms with E-state index in [1.165, 1.54) is 11.3 Å². The molecule has 0 aromatic carbocycles. The molecule has 6 nitrogen and oxygen atoms in total. The normalized spacial score (nSPS) is 19.6. The summed E-state index contributed by atoms with van der Waals surface area (Å²) in [6.07, 6.45) is 0. The Morgan fingerprint density at radius 3 is 2.85 bits per heavy atom. The molecule has 0 saturated carbocycles. The van der Waals surface area contributed by atoms with Crippen LogP contribution in [0.4, 0.5) is 0 Å². The molecule has 2 heterocycles.